The third kappa shape index (κ3) is 3.25. The van der Waals surface area contributed by atoms with Gasteiger partial charge in [-0.1, -0.05) is 22.9 Å². The lowest BCUT2D eigenvalue weighted by Gasteiger charge is -2.03. The average molecular weight is 350 g/mol. The SMILES string of the molecule is Cn1ncnc1CCNC(=O)c1cn(-c2cccc(Cl)c2F)nn1. The van der Waals surface area contributed by atoms with Gasteiger partial charge in [-0.25, -0.2) is 14.1 Å². The molecule has 1 aromatic carbocycles. The van der Waals surface area contributed by atoms with Gasteiger partial charge in [-0.2, -0.15) is 5.10 Å². The molecule has 0 aliphatic rings. The molecular formula is C14H13ClFN7O. The van der Waals surface area contributed by atoms with Crippen LogP contribution in [0.2, 0.25) is 5.02 Å². The zero-order valence-corrected chi connectivity index (χ0v) is 13.4. The first-order chi connectivity index (χ1) is 11.6. The molecule has 0 fully saturated rings. The fraction of sp³-hybridized carbons (Fsp3) is 0.214. The number of hydrogen-bond donors (Lipinski definition) is 1. The van der Waals surface area contributed by atoms with Crippen LogP contribution in [0.25, 0.3) is 5.69 Å². The van der Waals surface area contributed by atoms with Crippen molar-refractivity contribution in [3.05, 3.63) is 53.1 Å². The van der Waals surface area contributed by atoms with Gasteiger partial charge in [0.25, 0.3) is 5.91 Å². The van der Waals surface area contributed by atoms with Crippen molar-refractivity contribution in [2.45, 2.75) is 6.42 Å². The molecule has 10 heteroatoms. The first kappa shape index (κ1) is 16.1. The van der Waals surface area contributed by atoms with E-state index in [-0.39, 0.29) is 16.4 Å². The third-order valence-corrected chi connectivity index (χ3v) is 3.64. The fourth-order valence-electron chi connectivity index (χ4n) is 2.08. The molecule has 2 aromatic heterocycles. The van der Waals surface area contributed by atoms with Crippen LogP contribution in [0.5, 0.6) is 0 Å². The van der Waals surface area contributed by atoms with Gasteiger partial charge in [0, 0.05) is 20.0 Å². The molecule has 0 bridgehead atoms. The summed E-state index contributed by atoms with van der Waals surface area (Å²) in [5.41, 5.74) is 0.195. The number of amides is 1. The lowest BCUT2D eigenvalue weighted by atomic mass is 10.3. The third-order valence-electron chi connectivity index (χ3n) is 3.34. The molecule has 2 heterocycles. The van der Waals surface area contributed by atoms with Crippen molar-refractivity contribution in [1.29, 1.82) is 0 Å². The summed E-state index contributed by atoms with van der Waals surface area (Å²) < 4.78 is 16.8. The number of hydrogen-bond acceptors (Lipinski definition) is 5. The molecule has 3 aromatic rings. The van der Waals surface area contributed by atoms with E-state index in [0.717, 1.165) is 5.82 Å². The van der Waals surface area contributed by atoms with Crippen LogP contribution in [-0.4, -0.2) is 42.2 Å². The van der Waals surface area contributed by atoms with E-state index < -0.39 is 11.7 Å². The van der Waals surface area contributed by atoms with Gasteiger partial charge in [0.2, 0.25) is 0 Å². The van der Waals surface area contributed by atoms with Gasteiger partial charge in [-0.05, 0) is 12.1 Å². The van der Waals surface area contributed by atoms with Crippen molar-refractivity contribution in [3.8, 4) is 5.69 Å². The summed E-state index contributed by atoms with van der Waals surface area (Å²) in [5, 5.41) is 14.1. The van der Waals surface area contributed by atoms with Gasteiger partial charge in [-0.15, -0.1) is 5.10 Å². The number of aromatic nitrogens is 6. The molecule has 0 aliphatic carbocycles. The quantitative estimate of drug-likeness (QED) is 0.746. The average Bonchev–Trinajstić information content (AvgIpc) is 3.20. The van der Waals surface area contributed by atoms with Crippen LogP contribution in [0.3, 0.4) is 0 Å². The van der Waals surface area contributed by atoms with Crippen LogP contribution in [0.4, 0.5) is 4.39 Å². The molecule has 0 saturated carbocycles. The van der Waals surface area contributed by atoms with E-state index in [9.17, 15) is 9.18 Å². The molecule has 8 nitrogen and oxygen atoms in total. The molecule has 0 saturated heterocycles. The minimum Gasteiger partial charge on any atom is -0.350 e. The Balaban J connectivity index is 1.65. The lowest BCUT2D eigenvalue weighted by molar-refractivity contribution is 0.0949. The molecule has 0 radical (unpaired) electrons. The minimum atomic E-state index is -0.627. The number of halogens is 2. The summed E-state index contributed by atoms with van der Waals surface area (Å²) in [6.07, 6.45) is 3.31. The summed E-state index contributed by atoms with van der Waals surface area (Å²) in [4.78, 5) is 16.1. The highest BCUT2D eigenvalue weighted by atomic mass is 35.5. The first-order valence-corrected chi connectivity index (χ1v) is 7.42. The Bertz CT molecular complexity index is 876. The number of nitrogens with zero attached hydrogens (tertiary/aromatic N) is 6. The Morgan fingerprint density at radius 2 is 2.25 bits per heavy atom. The minimum absolute atomic E-state index is 0.0299. The first-order valence-electron chi connectivity index (χ1n) is 7.04. The Morgan fingerprint density at radius 3 is 3.00 bits per heavy atom. The van der Waals surface area contributed by atoms with Crippen molar-refractivity contribution in [2.24, 2.45) is 7.05 Å². The number of rotatable bonds is 5. The maximum absolute atomic E-state index is 14.0. The molecule has 1 N–H and O–H groups in total. The maximum atomic E-state index is 14.0. The number of benzene rings is 1. The normalized spacial score (nSPS) is 10.8. The van der Waals surface area contributed by atoms with Gasteiger partial charge in [0.15, 0.2) is 11.5 Å². The van der Waals surface area contributed by atoms with Crippen LogP contribution in [0, 0.1) is 5.82 Å². The van der Waals surface area contributed by atoms with Gasteiger partial charge in [0.05, 0.1) is 11.2 Å². The van der Waals surface area contributed by atoms with E-state index in [2.05, 4.69) is 25.7 Å². The second-order valence-corrected chi connectivity index (χ2v) is 5.33. The second-order valence-electron chi connectivity index (χ2n) is 4.93. The second kappa shape index (κ2) is 6.75. The molecule has 24 heavy (non-hydrogen) atoms. The van der Waals surface area contributed by atoms with E-state index >= 15 is 0 Å². The molecule has 3 rings (SSSR count). The lowest BCUT2D eigenvalue weighted by Crippen LogP contribution is -2.26. The number of carbonyl (C=O) groups is 1. The van der Waals surface area contributed by atoms with E-state index in [1.54, 1.807) is 17.8 Å². The molecule has 0 spiro atoms. The topological polar surface area (TPSA) is 90.5 Å². The van der Waals surface area contributed by atoms with E-state index in [1.807, 2.05) is 0 Å². The van der Waals surface area contributed by atoms with Crippen molar-refractivity contribution in [1.82, 2.24) is 35.1 Å². The van der Waals surface area contributed by atoms with Crippen LogP contribution in [0.1, 0.15) is 16.3 Å². The van der Waals surface area contributed by atoms with Crippen LogP contribution in [0.15, 0.2) is 30.7 Å². The van der Waals surface area contributed by atoms with E-state index in [1.165, 1.54) is 29.3 Å². The van der Waals surface area contributed by atoms with Crippen molar-refractivity contribution >= 4 is 17.5 Å². The molecule has 1 amide bonds. The summed E-state index contributed by atoms with van der Waals surface area (Å²) in [6, 6.07) is 4.51. The number of carbonyl (C=O) groups excluding carboxylic acids is 1. The summed E-state index contributed by atoms with van der Waals surface area (Å²) >= 11 is 5.73. The molecular weight excluding hydrogens is 337 g/mol. The summed E-state index contributed by atoms with van der Waals surface area (Å²) in [6.45, 7) is 0.365. The highest BCUT2D eigenvalue weighted by Gasteiger charge is 2.14. The number of aryl methyl sites for hydroxylation is 1. The Morgan fingerprint density at radius 1 is 1.42 bits per heavy atom. The number of nitrogens with one attached hydrogen (secondary N) is 1. The standard InChI is InChI=1S/C14H13ClFN7O/c1-22-12(18-8-19-22)5-6-17-14(24)10-7-23(21-20-10)11-4-2-3-9(15)13(11)16/h2-4,7-8H,5-6H2,1H3,(H,17,24). The predicted molar refractivity (Wildman–Crippen MR) is 83.4 cm³/mol. The zero-order valence-electron chi connectivity index (χ0n) is 12.6. The molecule has 124 valence electrons. The van der Waals surface area contributed by atoms with E-state index in [0.29, 0.717) is 13.0 Å². The van der Waals surface area contributed by atoms with E-state index in [4.69, 9.17) is 11.6 Å². The van der Waals surface area contributed by atoms with Gasteiger partial charge >= 0.3 is 0 Å². The monoisotopic (exact) mass is 349 g/mol. The Hall–Kier alpha value is -2.81. The Kier molecular flexibility index (Phi) is 4.52. The summed E-state index contributed by atoms with van der Waals surface area (Å²) in [7, 11) is 1.77. The molecule has 0 atom stereocenters. The molecule has 0 aliphatic heterocycles. The van der Waals surface area contributed by atoms with Gasteiger partial charge < -0.3 is 5.32 Å². The largest absolute Gasteiger partial charge is 0.350 e. The van der Waals surface area contributed by atoms with Crippen LogP contribution in [-0.2, 0) is 13.5 Å². The van der Waals surface area contributed by atoms with Gasteiger partial charge in [-0.3, -0.25) is 9.48 Å². The smallest absolute Gasteiger partial charge is 0.273 e. The van der Waals surface area contributed by atoms with Crippen molar-refractivity contribution in [2.75, 3.05) is 6.54 Å². The predicted octanol–water partition coefficient (Wildman–Crippen LogP) is 1.16. The Labute approximate surface area is 141 Å². The van der Waals surface area contributed by atoms with Crippen LogP contribution >= 0.6 is 11.6 Å². The highest BCUT2D eigenvalue weighted by Crippen LogP contribution is 2.20. The zero-order chi connectivity index (χ0) is 17.1. The van der Waals surface area contributed by atoms with Crippen molar-refractivity contribution < 1.29 is 9.18 Å². The molecule has 0 unspecified atom stereocenters. The fourth-order valence-corrected chi connectivity index (χ4v) is 2.25. The van der Waals surface area contributed by atoms with Crippen LogP contribution < -0.4 is 5.32 Å². The van der Waals surface area contributed by atoms with Gasteiger partial charge in [0.1, 0.15) is 17.8 Å². The maximum Gasteiger partial charge on any atom is 0.273 e. The van der Waals surface area contributed by atoms with Crippen molar-refractivity contribution in [3.63, 3.8) is 0 Å². The highest BCUT2D eigenvalue weighted by molar-refractivity contribution is 6.30. The summed E-state index contributed by atoms with van der Waals surface area (Å²) in [5.74, 6) is -0.288.